The Labute approximate surface area is 143 Å². The predicted molar refractivity (Wildman–Crippen MR) is 99.5 cm³/mol. The predicted octanol–water partition coefficient (Wildman–Crippen LogP) is 6.45. The van der Waals surface area contributed by atoms with Crippen molar-refractivity contribution in [3.05, 3.63) is 77.8 Å². The van der Waals surface area contributed by atoms with Crippen LogP contribution in [0.1, 0.15) is 0 Å². The third-order valence-electron chi connectivity index (χ3n) is 4.34. The zero-order valence-electron chi connectivity index (χ0n) is 12.7. The summed E-state index contributed by atoms with van der Waals surface area (Å²) >= 11 is 6.40. The second-order valence-electron chi connectivity index (χ2n) is 5.84. The minimum Gasteiger partial charge on any atom is -0.434 e. The van der Waals surface area contributed by atoms with Gasteiger partial charge in [-0.1, -0.05) is 66.2 Å². The van der Waals surface area contributed by atoms with E-state index in [1.807, 2.05) is 48.5 Å². The molecular formula is C21H12ClNO. The van der Waals surface area contributed by atoms with Crippen LogP contribution in [0.15, 0.2) is 77.2 Å². The molecule has 0 bridgehead atoms. The molecule has 0 spiro atoms. The van der Waals surface area contributed by atoms with Crippen molar-refractivity contribution in [1.29, 1.82) is 0 Å². The SMILES string of the molecule is Clc1cc2ccccc2c2nc(-c3ccc4ccccc4c3)oc12. The van der Waals surface area contributed by atoms with E-state index in [9.17, 15) is 0 Å². The molecule has 24 heavy (non-hydrogen) atoms. The minimum atomic E-state index is 0.586. The fraction of sp³-hybridized carbons (Fsp3) is 0. The fourth-order valence-corrected chi connectivity index (χ4v) is 3.40. The van der Waals surface area contributed by atoms with E-state index in [-0.39, 0.29) is 0 Å². The molecule has 5 rings (SSSR count). The van der Waals surface area contributed by atoms with Gasteiger partial charge >= 0.3 is 0 Å². The number of benzene rings is 4. The van der Waals surface area contributed by atoms with Gasteiger partial charge in [-0.3, -0.25) is 0 Å². The number of hydrogen-bond donors (Lipinski definition) is 0. The third kappa shape index (κ3) is 2.00. The van der Waals surface area contributed by atoms with E-state index in [1.54, 1.807) is 0 Å². The Hall–Kier alpha value is -2.84. The van der Waals surface area contributed by atoms with Crippen LogP contribution in [-0.2, 0) is 0 Å². The molecule has 5 aromatic rings. The van der Waals surface area contributed by atoms with Gasteiger partial charge in [0.25, 0.3) is 0 Å². The lowest BCUT2D eigenvalue weighted by molar-refractivity contribution is 0.620. The zero-order chi connectivity index (χ0) is 16.1. The number of oxazole rings is 1. The Morgan fingerprint density at radius 1 is 0.750 bits per heavy atom. The molecule has 0 aliphatic rings. The second-order valence-corrected chi connectivity index (χ2v) is 6.25. The number of aromatic nitrogens is 1. The average Bonchev–Trinajstić information content (AvgIpc) is 3.08. The van der Waals surface area contributed by atoms with Gasteiger partial charge < -0.3 is 4.42 Å². The summed E-state index contributed by atoms with van der Waals surface area (Å²) in [5.74, 6) is 0.592. The van der Waals surface area contributed by atoms with Crippen LogP contribution in [0.3, 0.4) is 0 Å². The van der Waals surface area contributed by atoms with Crippen molar-refractivity contribution in [2.24, 2.45) is 0 Å². The molecule has 3 heteroatoms. The summed E-state index contributed by atoms with van der Waals surface area (Å²) in [7, 11) is 0. The minimum absolute atomic E-state index is 0.586. The van der Waals surface area contributed by atoms with Gasteiger partial charge in [0.1, 0.15) is 5.52 Å². The summed E-state index contributed by atoms with van der Waals surface area (Å²) < 4.78 is 6.00. The van der Waals surface area contributed by atoms with Crippen molar-refractivity contribution in [3.63, 3.8) is 0 Å². The van der Waals surface area contributed by atoms with E-state index >= 15 is 0 Å². The maximum absolute atomic E-state index is 6.40. The lowest BCUT2D eigenvalue weighted by Gasteiger charge is -1.99. The first-order chi connectivity index (χ1) is 11.8. The van der Waals surface area contributed by atoms with Crippen LogP contribution in [-0.4, -0.2) is 4.98 Å². The normalized spacial score (nSPS) is 11.5. The summed E-state index contributed by atoms with van der Waals surface area (Å²) in [5, 5.41) is 5.05. The number of nitrogens with zero attached hydrogens (tertiary/aromatic N) is 1. The first kappa shape index (κ1) is 13.6. The highest BCUT2D eigenvalue weighted by Gasteiger charge is 2.14. The van der Waals surface area contributed by atoms with Gasteiger partial charge in [-0.05, 0) is 34.4 Å². The van der Waals surface area contributed by atoms with Crippen molar-refractivity contribution < 1.29 is 4.42 Å². The average molecular weight is 330 g/mol. The van der Waals surface area contributed by atoms with Gasteiger partial charge in [0, 0.05) is 10.9 Å². The summed E-state index contributed by atoms with van der Waals surface area (Å²) in [6, 6.07) is 24.4. The summed E-state index contributed by atoms with van der Waals surface area (Å²) in [6.45, 7) is 0. The van der Waals surface area contributed by atoms with E-state index in [0.717, 1.165) is 27.2 Å². The van der Waals surface area contributed by atoms with E-state index in [0.29, 0.717) is 16.5 Å². The first-order valence-corrected chi connectivity index (χ1v) is 8.14. The second kappa shape index (κ2) is 5.08. The van der Waals surface area contributed by atoms with E-state index in [1.165, 1.54) is 5.39 Å². The molecule has 0 saturated carbocycles. The first-order valence-electron chi connectivity index (χ1n) is 7.76. The van der Waals surface area contributed by atoms with Crippen molar-refractivity contribution >= 4 is 44.2 Å². The van der Waals surface area contributed by atoms with Gasteiger partial charge in [0.15, 0.2) is 5.58 Å². The van der Waals surface area contributed by atoms with Crippen LogP contribution >= 0.6 is 11.6 Å². The Morgan fingerprint density at radius 2 is 1.50 bits per heavy atom. The van der Waals surface area contributed by atoms with Crippen molar-refractivity contribution in [2.75, 3.05) is 0 Å². The molecule has 1 heterocycles. The molecule has 0 amide bonds. The quantitative estimate of drug-likeness (QED) is 0.353. The molecule has 0 aliphatic carbocycles. The molecule has 114 valence electrons. The molecule has 0 saturated heterocycles. The number of fused-ring (bicyclic) bond motifs is 4. The molecule has 1 aromatic heterocycles. The van der Waals surface area contributed by atoms with E-state index < -0.39 is 0 Å². The van der Waals surface area contributed by atoms with Crippen LogP contribution in [0.25, 0.3) is 44.1 Å². The molecule has 0 N–H and O–H groups in total. The van der Waals surface area contributed by atoms with E-state index in [4.69, 9.17) is 21.0 Å². The van der Waals surface area contributed by atoms with Crippen LogP contribution in [0.4, 0.5) is 0 Å². The number of rotatable bonds is 1. The topological polar surface area (TPSA) is 26.0 Å². The lowest BCUT2D eigenvalue weighted by Crippen LogP contribution is -1.79. The molecule has 0 aliphatic heterocycles. The largest absolute Gasteiger partial charge is 0.434 e. The third-order valence-corrected chi connectivity index (χ3v) is 4.62. The standard InChI is InChI=1S/C21H12ClNO/c22-18-12-15-7-3-4-8-17(15)19-20(18)24-21(23-19)16-10-9-13-5-1-2-6-14(13)11-16/h1-12H. The number of hydrogen-bond acceptors (Lipinski definition) is 2. The van der Waals surface area contributed by atoms with Gasteiger partial charge in [-0.25, -0.2) is 4.98 Å². The van der Waals surface area contributed by atoms with Crippen molar-refractivity contribution in [2.45, 2.75) is 0 Å². The molecule has 4 aromatic carbocycles. The maximum Gasteiger partial charge on any atom is 0.227 e. The maximum atomic E-state index is 6.40. The smallest absolute Gasteiger partial charge is 0.227 e. The van der Waals surface area contributed by atoms with Crippen LogP contribution in [0.5, 0.6) is 0 Å². The van der Waals surface area contributed by atoms with Crippen LogP contribution in [0.2, 0.25) is 5.02 Å². The monoisotopic (exact) mass is 329 g/mol. The summed E-state index contributed by atoms with van der Waals surface area (Å²) in [6.07, 6.45) is 0. The van der Waals surface area contributed by atoms with E-state index in [2.05, 4.69) is 24.3 Å². The molecular weight excluding hydrogens is 318 g/mol. The van der Waals surface area contributed by atoms with Gasteiger partial charge in [0.2, 0.25) is 5.89 Å². The molecule has 2 nitrogen and oxygen atoms in total. The Kier molecular flexibility index (Phi) is 2.88. The molecule has 0 unspecified atom stereocenters. The van der Waals surface area contributed by atoms with Gasteiger partial charge in [0.05, 0.1) is 5.02 Å². The lowest BCUT2D eigenvalue weighted by atomic mass is 10.1. The summed E-state index contributed by atoms with van der Waals surface area (Å²) in [4.78, 5) is 4.73. The van der Waals surface area contributed by atoms with Crippen LogP contribution in [0, 0.1) is 0 Å². The number of halogens is 1. The molecule has 0 radical (unpaired) electrons. The Morgan fingerprint density at radius 3 is 2.38 bits per heavy atom. The Bertz CT molecular complexity index is 1220. The van der Waals surface area contributed by atoms with Crippen molar-refractivity contribution in [3.8, 4) is 11.5 Å². The highest BCUT2D eigenvalue weighted by molar-refractivity contribution is 6.36. The fourth-order valence-electron chi connectivity index (χ4n) is 3.15. The zero-order valence-corrected chi connectivity index (χ0v) is 13.4. The van der Waals surface area contributed by atoms with Gasteiger partial charge in [-0.15, -0.1) is 0 Å². The molecule has 0 fully saturated rings. The highest BCUT2D eigenvalue weighted by atomic mass is 35.5. The van der Waals surface area contributed by atoms with Gasteiger partial charge in [-0.2, -0.15) is 0 Å². The van der Waals surface area contributed by atoms with Crippen LogP contribution < -0.4 is 0 Å². The highest BCUT2D eigenvalue weighted by Crippen LogP contribution is 2.35. The molecule has 0 atom stereocenters. The van der Waals surface area contributed by atoms with Crippen molar-refractivity contribution in [1.82, 2.24) is 4.98 Å². The summed E-state index contributed by atoms with van der Waals surface area (Å²) in [5.41, 5.74) is 2.39. The Balaban J connectivity index is 1.80.